The van der Waals surface area contributed by atoms with E-state index in [4.69, 9.17) is 15.3 Å². The zero-order chi connectivity index (χ0) is 14.6. The third kappa shape index (κ3) is 12.4. The van der Waals surface area contributed by atoms with Gasteiger partial charge in [-0.25, -0.2) is 9.59 Å². The molecule has 0 aliphatic rings. The number of aliphatic hydroxyl groups excluding tert-OH is 1. The van der Waals surface area contributed by atoms with Gasteiger partial charge in [0, 0.05) is 17.8 Å². The molecule has 0 aromatic heterocycles. The van der Waals surface area contributed by atoms with Crippen molar-refractivity contribution in [1.82, 2.24) is 0 Å². The topological polar surface area (TPSA) is 94.8 Å². The highest BCUT2D eigenvalue weighted by atomic mass is 16.4. The summed E-state index contributed by atoms with van der Waals surface area (Å²) in [6.07, 6.45) is 3.25. The van der Waals surface area contributed by atoms with Crippen molar-refractivity contribution in [3.8, 4) is 0 Å². The van der Waals surface area contributed by atoms with Crippen molar-refractivity contribution in [3.05, 3.63) is 24.3 Å². The summed E-state index contributed by atoms with van der Waals surface area (Å²) in [6.45, 7) is 8.73. The summed E-state index contributed by atoms with van der Waals surface area (Å²) < 4.78 is 0. The molecule has 3 N–H and O–H groups in total. The number of rotatable bonds is 8. The number of carbonyl (C=O) groups is 2. The number of hydrogen-bond donors (Lipinski definition) is 3. The maximum atomic E-state index is 10.1. The van der Waals surface area contributed by atoms with Crippen LogP contribution in [-0.2, 0) is 9.59 Å². The van der Waals surface area contributed by atoms with Crippen LogP contribution >= 0.6 is 0 Å². The Balaban J connectivity index is 0. The molecule has 0 saturated heterocycles. The van der Waals surface area contributed by atoms with E-state index in [2.05, 4.69) is 13.2 Å². The monoisotopic (exact) mass is 258 g/mol. The molecule has 104 valence electrons. The van der Waals surface area contributed by atoms with Crippen LogP contribution in [0.2, 0.25) is 0 Å². The summed E-state index contributed by atoms with van der Waals surface area (Å²) in [5, 5.41) is 24.9. The molecule has 0 aliphatic heterocycles. The molecule has 0 unspecified atom stereocenters. The quantitative estimate of drug-likeness (QED) is 0.458. The Hall–Kier alpha value is -1.62. The molecule has 0 radical (unpaired) electrons. The number of aliphatic hydroxyl groups is 1. The lowest BCUT2D eigenvalue weighted by molar-refractivity contribution is -0.133. The smallest absolute Gasteiger partial charge is 0.330 e. The number of carboxylic acid groups (broad SMARTS) is 2. The van der Waals surface area contributed by atoms with Crippen LogP contribution in [0.3, 0.4) is 0 Å². The minimum atomic E-state index is -0.946. The Bertz CT molecular complexity index is 294. The maximum Gasteiger partial charge on any atom is 0.330 e. The third-order valence-corrected chi connectivity index (χ3v) is 2.04. The normalized spacial score (nSPS) is 9.00. The second kappa shape index (κ2) is 11.9. The van der Waals surface area contributed by atoms with E-state index in [0.29, 0.717) is 31.3 Å². The molecule has 0 rings (SSSR count). The first-order valence-corrected chi connectivity index (χ1v) is 5.79. The van der Waals surface area contributed by atoms with Gasteiger partial charge in [0.25, 0.3) is 0 Å². The van der Waals surface area contributed by atoms with Gasteiger partial charge in [-0.15, -0.1) is 0 Å². The number of hydrogen-bond acceptors (Lipinski definition) is 3. The summed E-state index contributed by atoms with van der Waals surface area (Å²) in [6, 6.07) is 0. The second-order valence-corrected chi connectivity index (χ2v) is 3.75. The number of carboxylic acids is 2. The zero-order valence-corrected chi connectivity index (χ0v) is 10.8. The predicted molar refractivity (Wildman–Crippen MR) is 69.4 cm³/mol. The van der Waals surface area contributed by atoms with Gasteiger partial charge >= 0.3 is 11.9 Å². The largest absolute Gasteiger partial charge is 0.478 e. The Kier molecular flexibility index (Phi) is 12.3. The SMILES string of the molecule is C=C(CCC)C(=O)O.C=C(CCCCO)C(=O)O. The minimum Gasteiger partial charge on any atom is -0.478 e. The lowest BCUT2D eigenvalue weighted by Crippen LogP contribution is -1.98. The molecule has 5 heteroatoms. The first kappa shape index (κ1) is 18.7. The van der Waals surface area contributed by atoms with E-state index >= 15 is 0 Å². The first-order valence-electron chi connectivity index (χ1n) is 5.79. The molecule has 0 heterocycles. The van der Waals surface area contributed by atoms with E-state index in [1.807, 2.05) is 6.92 Å². The first-order chi connectivity index (χ1) is 8.36. The fourth-order valence-corrected chi connectivity index (χ4v) is 0.966. The molecule has 0 bridgehead atoms. The Morgan fingerprint density at radius 2 is 1.39 bits per heavy atom. The molecular weight excluding hydrogens is 236 g/mol. The van der Waals surface area contributed by atoms with Gasteiger partial charge in [-0.1, -0.05) is 26.5 Å². The van der Waals surface area contributed by atoms with Crippen LogP contribution < -0.4 is 0 Å². The second-order valence-electron chi connectivity index (χ2n) is 3.75. The zero-order valence-electron chi connectivity index (χ0n) is 10.8. The lowest BCUT2D eigenvalue weighted by atomic mass is 10.1. The van der Waals surface area contributed by atoms with Gasteiger partial charge in [-0.2, -0.15) is 0 Å². The fourth-order valence-electron chi connectivity index (χ4n) is 0.966. The molecule has 0 aliphatic carbocycles. The molecule has 0 aromatic carbocycles. The highest BCUT2D eigenvalue weighted by Gasteiger charge is 2.01. The van der Waals surface area contributed by atoms with Crippen LogP contribution in [0.25, 0.3) is 0 Å². The van der Waals surface area contributed by atoms with Gasteiger partial charge in [-0.3, -0.25) is 0 Å². The molecule has 0 saturated carbocycles. The fraction of sp³-hybridized carbons (Fsp3) is 0.538. The van der Waals surface area contributed by atoms with Gasteiger partial charge in [0.2, 0.25) is 0 Å². The van der Waals surface area contributed by atoms with Crippen LogP contribution in [-0.4, -0.2) is 33.9 Å². The van der Waals surface area contributed by atoms with Gasteiger partial charge in [-0.05, 0) is 25.7 Å². The van der Waals surface area contributed by atoms with Crippen molar-refractivity contribution < 1.29 is 24.9 Å². The van der Waals surface area contributed by atoms with E-state index < -0.39 is 11.9 Å². The van der Waals surface area contributed by atoms with Gasteiger partial charge < -0.3 is 15.3 Å². The van der Waals surface area contributed by atoms with Crippen LogP contribution in [0, 0.1) is 0 Å². The Morgan fingerprint density at radius 3 is 1.67 bits per heavy atom. The molecule has 0 amide bonds. The number of unbranched alkanes of at least 4 members (excludes halogenated alkanes) is 1. The van der Waals surface area contributed by atoms with Crippen molar-refractivity contribution in [2.24, 2.45) is 0 Å². The van der Waals surface area contributed by atoms with E-state index in [9.17, 15) is 9.59 Å². The highest BCUT2D eigenvalue weighted by molar-refractivity contribution is 5.85. The third-order valence-electron chi connectivity index (χ3n) is 2.04. The summed E-state index contributed by atoms with van der Waals surface area (Å²) >= 11 is 0. The molecular formula is C13H22O5. The van der Waals surface area contributed by atoms with E-state index in [0.717, 1.165) is 6.42 Å². The molecule has 0 fully saturated rings. The Morgan fingerprint density at radius 1 is 0.944 bits per heavy atom. The van der Waals surface area contributed by atoms with Gasteiger partial charge in [0.05, 0.1) is 0 Å². The molecule has 0 aromatic rings. The summed E-state index contributed by atoms with van der Waals surface area (Å²) in [7, 11) is 0. The average Bonchev–Trinajstić information content (AvgIpc) is 2.30. The van der Waals surface area contributed by atoms with Crippen molar-refractivity contribution in [2.75, 3.05) is 6.61 Å². The van der Waals surface area contributed by atoms with Crippen LogP contribution in [0.4, 0.5) is 0 Å². The van der Waals surface area contributed by atoms with Crippen LogP contribution in [0.5, 0.6) is 0 Å². The molecule has 0 atom stereocenters. The Labute approximate surface area is 107 Å². The number of aliphatic carboxylic acids is 2. The summed E-state index contributed by atoms with van der Waals surface area (Å²) in [5.41, 5.74) is 0.515. The average molecular weight is 258 g/mol. The molecule has 0 spiro atoms. The van der Waals surface area contributed by atoms with E-state index in [-0.39, 0.29) is 12.2 Å². The van der Waals surface area contributed by atoms with Crippen molar-refractivity contribution in [2.45, 2.75) is 39.0 Å². The maximum absolute atomic E-state index is 10.1. The van der Waals surface area contributed by atoms with Crippen molar-refractivity contribution in [1.29, 1.82) is 0 Å². The predicted octanol–water partition coefficient (Wildman–Crippen LogP) is 2.22. The van der Waals surface area contributed by atoms with Crippen LogP contribution in [0.15, 0.2) is 24.3 Å². The summed E-state index contributed by atoms with van der Waals surface area (Å²) in [5.74, 6) is -1.83. The van der Waals surface area contributed by atoms with E-state index in [1.165, 1.54) is 0 Å². The van der Waals surface area contributed by atoms with Gasteiger partial charge in [0.1, 0.15) is 0 Å². The highest BCUT2D eigenvalue weighted by Crippen LogP contribution is 2.03. The van der Waals surface area contributed by atoms with Crippen molar-refractivity contribution >= 4 is 11.9 Å². The van der Waals surface area contributed by atoms with Crippen molar-refractivity contribution in [3.63, 3.8) is 0 Å². The minimum absolute atomic E-state index is 0.118. The standard InChI is InChI=1S/C7H12O3.C6H10O2/c1-6(7(9)10)4-2-3-5-8;1-3-4-5(2)6(7)8/h8H,1-5H2,(H,9,10);2-4H2,1H3,(H,7,8). The molecule has 5 nitrogen and oxygen atoms in total. The van der Waals surface area contributed by atoms with Gasteiger partial charge in [0.15, 0.2) is 0 Å². The summed E-state index contributed by atoms with van der Waals surface area (Å²) in [4.78, 5) is 20.1. The molecule has 18 heavy (non-hydrogen) atoms. The lowest BCUT2D eigenvalue weighted by Gasteiger charge is -1.96. The van der Waals surface area contributed by atoms with E-state index in [1.54, 1.807) is 0 Å². The van der Waals surface area contributed by atoms with Crippen LogP contribution in [0.1, 0.15) is 39.0 Å².